The quantitative estimate of drug-likeness (QED) is 0.307. The number of carbonyl (C=O) groups is 4. The van der Waals surface area contributed by atoms with Crippen LogP contribution >= 0.6 is 11.8 Å². The van der Waals surface area contributed by atoms with Crippen LogP contribution in [0.5, 0.6) is 17.2 Å². The average Bonchev–Trinajstić information content (AvgIpc) is 3.21. The molecule has 0 aromatic heterocycles. The zero-order valence-corrected chi connectivity index (χ0v) is 23.0. The number of halogens is 1. The fourth-order valence-electron chi connectivity index (χ4n) is 3.70. The molecule has 0 radical (unpaired) electrons. The van der Waals surface area contributed by atoms with E-state index in [4.69, 9.17) is 14.2 Å². The Morgan fingerprint density at radius 1 is 0.902 bits per heavy atom. The van der Waals surface area contributed by atoms with Gasteiger partial charge in [0.05, 0.1) is 18.6 Å². The lowest BCUT2D eigenvalue weighted by atomic mass is 10.2. The highest BCUT2D eigenvalue weighted by atomic mass is 32.2. The van der Waals surface area contributed by atoms with Gasteiger partial charge in [0.2, 0.25) is 5.91 Å². The van der Waals surface area contributed by atoms with Gasteiger partial charge in [-0.05, 0) is 91.0 Å². The Hall–Kier alpha value is -4.84. The summed E-state index contributed by atoms with van der Waals surface area (Å²) in [6, 6.07) is 16.8. The average molecular weight is 580 g/mol. The van der Waals surface area contributed by atoms with Crippen molar-refractivity contribution in [1.29, 1.82) is 0 Å². The number of benzene rings is 3. The highest BCUT2D eigenvalue weighted by Gasteiger charge is 2.36. The Bertz CT molecular complexity index is 1480. The molecule has 0 bridgehead atoms. The van der Waals surface area contributed by atoms with Crippen molar-refractivity contribution in [1.82, 2.24) is 4.90 Å². The molecule has 1 heterocycles. The van der Waals surface area contributed by atoms with Crippen molar-refractivity contribution in [2.24, 2.45) is 0 Å². The molecule has 41 heavy (non-hydrogen) atoms. The Morgan fingerprint density at radius 3 is 2.22 bits per heavy atom. The number of nitrogens with zero attached hydrogens (tertiary/aromatic N) is 1. The number of imide groups is 1. The van der Waals surface area contributed by atoms with Crippen molar-refractivity contribution in [2.75, 3.05) is 37.5 Å². The standard InChI is InChI=1S/C29H26FN3O7S/c1-3-39-22-11-9-21(10-12-22)31-26(34)16-33-28(36)25(41-29(33)37)15-18-4-13-23(24(14-18)38-2)40-17-27(35)32-20-7-5-19(30)6-8-20/h4-15H,3,16-17H2,1-2H3,(H,31,34)(H,32,35)/b25-15+. The molecule has 4 amide bonds. The van der Waals surface area contributed by atoms with E-state index in [1.165, 1.54) is 37.5 Å². The summed E-state index contributed by atoms with van der Waals surface area (Å²) in [6.45, 7) is 1.61. The number of methoxy groups -OCH3 is 1. The third-order valence-corrected chi connectivity index (χ3v) is 6.50. The molecule has 0 spiro atoms. The van der Waals surface area contributed by atoms with Gasteiger partial charge in [-0.2, -0.15) is 0 Å². The van der Waals surface area contributed by atoms with Crippen LogP contribution in [0.2, 0.25) is 0 Å². The number of nitrogens with one attached hydrogen (secondary N) is 2. The maximum atomic E-state index is 13.0. The van der Waals surface area contributed by atoms with Crippen LogP contribution in [-0.2, 0) is 14.4 Å². The predicted molar refractivity (Wildman–Crippen MR) is 152 cm³/mol. The largest absolute Gasteiger partial charge is 0.494 e. The monoisotopic (exact) mass is 579 g/mol. The summed E-state index contributed by atoms with van der Waals surface area (Å²) in [4.78, 5) is 51.1. The Labute approximate surface area is 239 Å². The van der Waals surface area contributed by atoms with Gasteiger partial charge in [-0.25, -0.2) is 4.39 Å². The second-order valence-corrected chi connectivity index (χ2v) is 9.52. The maximum absolute atomic E-state index is 13.0. The van der Waals surface area contributed by atoms with Crippen molar-refractivity contribution in [3.8, 4) is 17.2 Å². The van der Waals surface area contributed by atoms with Crippen molar-refractivity contribution < 1.29 is 37.8 Å². The summed E-state index contributed by atoms with van der Waals surface area (Å²) in [6.07, 6.45) is 1.50. The number of hydrogen-bond acceptors (Lipinski definition) is 8. The fraction of sp³-hybridized carbons (Fsp3) is 0.172. The lowest BCUT2D eigenvalue weighted by molar-refractivity contribution is -0.127. The van der Waals surface area contributed by atoms with E-state index in [0.717, 1.165) is 16.7 Å². The molecule has 1 saturated heterocycles. The first-order valence-electron chi connectivity index (χ1n) is 12.4. The van der Waals surface area contributed by atoms with Crippen LogP contribution in [0.3, 0.4) is 0 Å². The number of amides is 4. The van der Waals surface area contributed by atoms with Crippen LogP contribution in [0, 0.1) is 5.82 Å². The van der Waals surface area contributed by atoms with Gasteiger partial charge in [0.1, 0.15) is 18.1 Å². The summed E-state index contributed by atoms with van der Waals surface area (Å²) >= 11 is 0.719. The first-order valence-corrected chi connectivity index (χ1v) is 13.2. The molecule has 0 aliphatic carbocycles. The van der Waals surface area contributed by atoms with Crippen LogP contribution in [0.4, 0.5) is 20.6 Å². The van der Waals surface area contributed by atoms with Crippen molar-refractivity contribution in [3.63, 3.8) is 0 Å². The minimum Gasteiger partial charge on any atom is -0.494 e. The summed E-state index contributed by atoms with van der Waals surface area (Å²) < 4.78 is 29.3. The fourth-order valence-corrected chi connectivity index (χ4v) is 4.54. The van der Waals surface area contributed by atoms with Gasteiger partial charge in [0, 0.05) is 11.4 Å². The van der Waals surface area contributed by atoms with Crippen LogP contribution in [-0.4, -0.2) is 54.7 Å². The maximum Gasteiger partial charge on any atom is 0.294 e. The van der Waals surface area contributed by atoms with E-state index in [9.17, 15) is 23.6 Å². The van der Waals surface area contributed by atoms with Crippen molar-refractivity contribution in [3.05, 3.63) is 83.0 Å². The van der Waals surface area contributed by atoms with Crippen LogP contribution in [0.1, 0.15) is 12.5 Å². The number of ether oxygens (including phenoxy) is 3. The third kappa shape index (κ3) is 7.85. The minimum atomic E-state index is -0.599. The molecule has 212 valence electrons. The Morgan fingerprint density at radius 2 is 1.56 bits per heavy atom. The van der Waals surface area contributed by atoms with Gasteiger partial charge in [-0.15, -0.1) is 0 Å². The van der Waals surface area contributed by atoms with Gasteiger partial charge >= 0.3 is 0 Å². The highest BCUT2D eigenvalue weighted by Crippen LogP contribution is 2.34. The first kappa shape index (κ1) is 29.2. The third-order valence-electron chi connectivity index (χ3n) is 5.60. The van der Waals surface area contributed by atoms with Gasteiger partial charge in [-0.3, -0.25) is 24.1 Å². The highest BCUT2D eigenvalue weighted by molar-refractivity contribution is 8.18. The molecule has 1 aliphatic rings. The molecule has 4 rings (SSSR count). The predicted octanol–water partition coefficient (Wildman–Crippen LogP) is 4.93. The number of anilines is 2. The first-order chi connectivity index (χ1) is 19.7. The normalized spacial score (nSPS) is 13.7. The van der Waals surface area contributed by atoms with Gasteiger partial charge in [0.15, 0.2) is 18.1 Å². The number of thioether (sulfide) groups is 1. The van der Waals surface area contributed by atoms with Crippen molar-refractivity contribution >= 4 is 52.2 Å². The summed E-state index contributed by atoms with van der Waals surface area (Å²) in [5.41, 5.74) is 1.46. The van der Waals surface area contributed by atoms with E-state index in [0.29, 0.717) is 35.0 Å². The molecule has 1 aliphatic heterocycles. The molecule has 3 aromatic carbocycles. The number of rotatable bonds is 11. The zero-order chi connectivity index (χ0) is 29.4. The molecule has 12 heteroatoms. The summed E-state index contributed by atoms with van der Waals surface area (Å²) in [7, 11) is 1.42. The van der Waals surface area contributed by atoms with Crippen LogP contribution in [0.15, 0.2) is 71.6 Å². The molecule has 0 saturated carbocycles. The molecule has 10 nitrogen and oxygen atoms in total. The van der Waals surface area contributed by atoms with E-state index in [1.54, 1.807) is 42.5 Å². The van der Waals surface area contributed by atoms with Gasteiger partial charge in [0.25, 0.3) is 17.1 Å². The van der Waals surface area contributed by atoms with Crippen LogP contribution in [0.25, 0.3) is 6.08 Å². The molecule has 1 fully saturated rings. The lowest BCUT2D eigenvalue weighted by Crippen LogP contribution is -2.36. The van der Waals surface area contributed by atoms with E-state index >= 15 is 0 Å². The van der Waals surface area contributed by atoms with E-state index in [-0.39, 0.29) is 17.3 Å². The smallest absolute Gasteiger partial charge is 0.294 e. The summed E-state index contributed by atoms with van der Waals surface area (Å²) in [5.74, 6) is -0.768. The molecular weight excluding hydrogens is 553 g/mol. The van der Waals surface area contributed by atoms with E-state index < -0.39 is 35.3 Å². The SMILES string of the molecule is CCOc1ccc(NC(=O)CN2C(=O)S/C(=C/c3ccc(OCC(=O)Nc4ccc(F)cc4)c(OC)c3)C2=O)cc1. The molecule has 2 N–H and O–H groups in total. The zero-order valence-electron chi connectivity index (χ0n) is 22.1. The van der Waals surface area contributed by atoms with Crippen LogP contribution < -0.4 is 24.8 Å². The molecule has 0 unspecified atom stereocenters. The molecular formula is C29H26FN3O7S. The Kier molecular flexibility index (Phi) is 9.59. The van der Waals surface area contributed by atoms with Crippen molar-refractivity contribution in [2.45, 2.75) is 6.92 Å². The van der Waals surface area contributed by atoms with E-state index in [2.05, 4.69) is 10.6 Å². The van der Waals surface area contributed by atoms with E-state index in [1.807, 2.05) is 6.92 Å². The Balaban J connectivity index is 1.35. The summed E-state index contributed by atoms with van der Waals surface area (Å²) in [5, 5.41) is 4.68. The van der Waals surface area contributed by atoms with Gasteiger partial charge < -0.3 is 24.8 Å². The second kappa shape index (κ2) is 13.5. The number of hydrogen-bond donors (Lipinski definition) is 2. The lowest BCUT2D eigenvalue weighted by Gasteiger charge is -2.13. The molecule has 0 atom stereocenters. The number of carbonyl (C=O) groups excluding carboxylic acids is 4. The van der Waals surface area contributed by atoms with Gasteiger partial charge in [-0.1, -0.05) is 6.07 Å². The molecule has 3 aromatic rings. The topological polar surface area (TPSA) is 123 Å². The second-order valence-electron chi connectivity index (χ2n) is 8.53. The minimum absolute atomic E-state index is 0.137.